The van der Waals surface area contributed by atoms with Gasteiger partial charge in [0.05, 0.1) is 0 Å². The van der Waals surface area contributed by atoms with Crippen molar-refractivity contribution in [2.45, 2.75) is 0 Å². The van der Waals surface area contributed by atoms with Crippen LogP contribution in [0.2, 0.25) is 0 Å². The van der Waals surface area contributed by atoms with Gasteiger partial charge in [-0.15, -0.1) is 0 Å². The van der Waals surface area contributed by atoms with Crippen LogP contribution in [0, 0.1) is 0 Å². The van der Waals surface area contributed by atoms with Crippen LogP contribution in [-0.2, 0) is 0 Å². The van der Waals surface area contributed by atoms with Gasteiger partial charge in [0, 0.05) is 10.0 Å². The summed E-state index contributed by atoms with van der Waals surface area (Å²) < 4.78 is 0.690. The molecule has 0 fully saturated rings. The average molecular weight is 228 g/mol. The fourth-order valence-corrected chi connectivity index (χ4v) is 1.26. The molecule has 0 spiro atoms. The number of hydrogen-bond donors (Lipinski definition) is 1. The van der Waals surface area contributed by atoms with Gasteiger partial charge in [-0.2, -0.15) is 0 Å². The van der Waals surface area contributed by atoms with Gasteiger partial charge in [0.25, 0.3) is 0 Å². The lowest BCUT2D eigenvalue weighted by molar-refractivity contribution is 0.106. The zero-order valence-corrected chi connectivity index (χ0v) is 7.65. The number of hydrogen-bond acceptors (Lipinski definition) is 3. The Balaban J connectivity index is 3.03. The second kappa shape index (κ2) is 4.01. The number of ketones is 1. The molecule has 0 saturated heterocycles. The SMILES string of the molecule is O=C(/C=N/O)c1ccccc1Br. The van der Waals surface area contributed by atoms with E-state index in [9.17, 15) is 4.79 Å². The molecule has 0 atom stereocenters. The van der Waals surface area contributed by atoms with E-state index in [2.05, 4.69) is 21.1 Å². The van der Waals surface area contributed by atoms with E-state index in [1.165, 1.54) is 0 Å². The standard InChI is InChI=1S/C8H6BrNO2/c9-7-4-2-1-3-6(7)8(11)5-10-12/h1-5,12H/b10-5+. The van der Waals surface area contributed by atoms with Crippen LogP contribution in [0.15, 0.2) is 33.9 Å². The van der Waals surface area contributed by atoms with Crippen molar-refractivity contribution in [1.82, 2.24) is 0 Å². The molecule has 0 amide bonds. The summed E-state index contributed by atoms with van der Waals surface area (Å²) in [6.45, 7) is 0. The molecule has 1 aromatic carbocycles. The molecule has 62 valence electrons. The van der Waals surface area contributed by atoms with Gasteiger partial charge >= 0.3 is 0 Å². The first-order chi connectivity index (χ1) is 5.75. The third kappa shape index (κ3) is 1.92. The van der Waals surface area contributed by atoms with E-state index in [4.69, 9.17) is 5.21 Å². The highest BCUT2D eigenvalue weighted by atomic mass is 79.9. The van der Waals surface area contributed by atoms with E-state index >= 15 is 0 Å². The number of nitrogens with zero attached hydrogens (tertiary/aromatic N) is 1. The van der Waals surface area contributed by atoms with Crippen molar-refractivity contribution in [3.63, 3.8) is 0 Å². The minimum atomic E-state index is -0.329. The minimum absolute atomic E-state index is 0.329. The van der Waals surface area contributed by atoms with Crippen LogP contribution in [0.1, 0.15) is 10.4 Å². The van der Waals surface area contributed by atoms with Gasteiger partial charge in [0.15, 0.2) is 0 Å². The van der Waals surface area contributed by atoms with E-state index in [1.807, 2.05) is 0 Å². The van der Waals surface area contributed by atoms with Crippen molar-refractivity contribution >= 4 is 27.9 Å². The maximum Gasteiger partial charge on any atom is 0.208 e. The number of oxime groups is 1. The maximum atomic E-state index is 11.1. The summed E-state index contributed by atoms with van der Waals surface area (Å²) in [5, 5.41) is 10.8. The molecule has 0 aliphatic carbocycles. The third-order valence-corrected chi connectivity index (χ3v) is 2.01. The van der Waals surface area contributed by atoms with Gasteiger partial charge in [0.1, 0.15) is 6.21 Å². The fraction of sp³-hybridized carbons (Fsp3) is 0. The molecule has 1 rings (SSSR count). The second-order valence-corrected chi connectivity index (χ2v) is 2.94. The molecule has 0 saturated carbocycles. The highest BCUT2D eigenvalue weighted by Crippen LogP contribution is 2.15. The smallest absolute Gasteiger partial charge is 0.208 e. The molecule has 0 unspecified atom stereocenters. The van der Waals surface area contributed by atoms with Crippen LogP contribution in [0.3, 0.4) is 0 Å². The predicted octanol–water partition coefficient (Wildman–Crippen LogP) is 2.09. The monoisotopic (exact) mass is 227 g/mol. The fourth-order valence-electron chi connectivity index (χ4n) is 0.783. The van der Waals surface area contributed by atoms with Crippen molar-refractivity contribution in [3.8, 4) is 0 Å². The number of carbonyl (C=O) groups excluding carboxylic acids is 1. The van der Waals surface area contributed by atoms with Crippen molar-refractivity contribution in [2.24, 2.45) is 5.16 Å². The quantitative estimate of drug-likeness (QED) is 0.364. The molecule has 0 aromatic heterocycles. The predicted molar refractivity (Wildman–Crippen MR) is 48.8 cm³/mol. The molecular weight excluding hydrogens is 222 g/mol. The number of halogens is 1. The van der Waals surface area contributed by atoms with Crippen molar-refractivity contribution in [2.75, 3.05) is 0 Å². The first-order valence-electron chi connectivity index (χ1n) is 3.22. The number of Topliss-reactive ketones (excluding diaryl/α,β-unsaturated/α-hetero) is 1. The molecule has 0 radical (unpaired) electrons. The van der Waals surface area contributed by atoms with Crippen LogP contribution in [-0.4, -0.2) is 17.2 Å². The van der Waals surface area contributed by atoms with E-state index < -0.39 is 0 Å². The first kappa shape index (κ1) is 8.93. The summed E-state index contributed by atoms with van der Waals surface area (Å²) in [6, 6.07) is 6.94. The van der Waals surface area contributed by atoms with Crippen LogP contribution in [0.25, 0.3) is 0 Å². The van der Waals surface area contributed by atoms with E-state index in [-0.39, 0.29) is 5.78 Å². The van der Waals surface area contributed by atoms with Gasteiger partial charge in [-0.05, 0) is 12.1 Å². The molecule has 0 bridgehead atoms. The lowest BCUT2D eigenvalue weighted by Crippen LogP contribution is -2.00. The maximum absolute atomic E-state index is 11.1. The van der Waals surface area contributed by atoms with E-state index in [0.717, 1.165) is 6.21 Å². The largest absolute Gasteiger partial charge is 0.411 e. The normalized spacial score (nSPS) is 10.4. The molecule has 0 aliphatic heterocycles. The van der Waals surface area contributed by atoms with Crippen LogP contribution >= 0.6 is 15.9 Å². The van der Waals surface area contributed by atoms with Gasteiger partial charge < -0.3 is 5.21 Å². The highest BCUT2D eigenvalue weighted by Gasteiger charge is 2.05. The van der Waals surface area contributed by atoms with Gasteiger partial charge in [-0.1, -0.05) is 33.2 Å². The molecule has 0 heterocycles. The molecule has 1 N–H and O–H groups in total. The highest BCUT2D eigenvalue weighted by molar-refractivity contribution is 9.10. The Morgan fingerprint density at radius 1 is 1.50 bits per heavy atom. The molecule has 12 heavy (non-hydrogen) atoms. The van der Waals surface area contributed by atoms with Gasteiger partial charge in [0.2, 0.25) is 5.78 Å². The van der Waals surface area contributed by atoms with Gasteiger partial charge in [-0.25, -0.2) is 0 Å². The average Bonchev–Trinajstić information content (AvgIpc) is 2.05. The van der Waals surface area contributed by atoms with Crippen LogP contribution < -0.4 is 0 Å². The van der Waals surface area contributed by atoms with Crippen LogP contribution in [0.4, 0.5) is 0 Å². The summed E-state index contributed by atoms with van der Waals surface area (Å²) in [6.07, 6.45) is 0.861. The summed E-state index contributed by atoms with van der Waals surface area (Å²) in [4.78, 5) is 11.1. The number of carbonyl (C=O) groups is 1. The molecule has 4 heteroatoms. The van der Waals surface area contributed by atoms with Gasteiger partial charge in [-0.3, -0.25) is 4.79 Å². The molecule has 1 aromatic rings. The molecule has 0 aliphatic rings. The third-order valence-electron chi connectivity index (χ3n) is 1.31. The summed E-state index contributed by atoms with van der Waals surface area (Å²) in [5.41, 5.74) is 0.482. The summed E-state index contributed by atoms with van der Waals surface area (Å²) in [5.74, 6) is -0.329. The van der Waals surface area contributed by atoms with E-state index in [1.54, 1.807) is 24.3 Å². The van der Waals surface area contributed by atoms with E-state index in [0.29, 0.717) is 10.0 Å². The topological polar surface area (TPSA) is 49.7 Å². The molecular formula is C8H6BrNO2. The van der Waals surface area contributed by atoms with Crippen LogP contribution in [0.5, 0.6) is 0 Å². The molecule has 3 nitrogen and oxygen atoms in total. The first-order valence-corrected chi connectivity index (χ1v) is 4.01. The van der Waals surface area contributed by atoms with Crippen molar-refractivity contribution in [1.29, 1.82) is 0 Å². The lowest BCUT2D eigenvalue weighted by atomic mass is 10.1. The summed E-state index contributed by atoms with van der Waals surface area (Å²) in [7, 11) is 0. The Kier molecular flexibility index (Phi) is 2.99. The van der Waals surface area contributed by atoms with Crippen molar-refractivity contribution < 1.29 is 10.0 Å². The lowest BCUT2D eigenvalue weighted by Gasteiger charge is -1.96. The Labute approximate surface area is 77.8 Å². The summed E-state index contributed by atoms with van der Waals surface area (Å²) >= 11 is 3.20. The Bertz CT molecular complexity index is 323. The second-order valence-electron chi connectivity index (χ2n) is 2.09. The zero-order chi connectivity index (χ0) is 8.97. The Morgan fingerprint density at radius 2 is 2.17 bits per heavy atom. The Hall–Kier alpha value is -1.16. The van der Waals surface area contributed by atoms with Crippen molar-refractivity contribution in [3.05, 3.63) is 34.3 Å². The number of rotatable bonds is 2. The number of benzene rings is 1. The zero-order valence-electron chi connectivity index (χ0n) is 6.07. The Morgan fingerprint density at radius 3 is 2.75 bits per heavy atom. The minimum Gasteiger partial charge on any atom is -0.411 e.